The number of pyridine rings is 1. The number of nitrogens with one attached hydrogen (secondary N) is 1. The van der Waals surface area contributed by atoms with Gasteiger partial charge < -0.3 is 15.2 Å². The monoisotopic (exact) mass is 370 g/mol. The molecule has 0 aliphatic carbocycles. The van der Waals surface area contributed by atoms with E-state index in [1.165, 1.54) is 0 Å². The fourth-order valence-electron chi connectivity index (χ4n) is 3.43. The van der Waals surface area contributed by atoms with Gasteiger partial charge in [-0.1, -0.05) is 26.0 Å². The molecule has 27 heavy (non-hydrogen) atoms. The van der Waals surface area contributed by atoms with Crippen molar-refractivity contribution < 1.29 is 9.84 Å². The SMILES string of the molecule is CCC(CC)Nc1cc(C)nc(Oc2c(C)cc(CC(C)O)cc2C)c1C. The maximum Gasteiger partial charge on any atom is 0.224 e. The van der Waals surface area contributed by atoms with Gasteiger partial charge in [-0.3, -0.25) is 0 Å². The molecule has 2 rings (SSSR count). The average molecular weight is 371 g/mol. The van der Waals surface area contributed by atoms with E-state index in [4.69, 9.17) is 4.74 Å². The second-order valence-corrected chi connectivity index (χ2v) is 7.61. The first-order valence-corrected chi connectivity index (χ1v) is 9.95. The molecule has 0 saturated carbocycles. The molecule has 0 amide bonds. The molecule has 1 heterocycles. The second kappa shape index (κ2) is 9.23. The van der Waals surface area contributed by atoms with Crippen LogP contribution in [0.25, 0.3) is 0 Å². The maximum absolute atomic E-state index is 9.65. The van der Waals surface area contributed by atoms with Crippen LogP contribution in [0, 0.1) is 27.7 Å². The number of aryl methyl sites for hydroxylation is 3. The highest BCUT2D eigenvalue weighted by Gasteiger charge is 2.15. The van der Waals surface area contributed by atoms with Crippen LogP contribution in [0.3, 0.4) is 0 Å². The van der Waals surface area contributed by atoms with Crippen LogP contribution >= 0.6 is 0 Å². The first kappa shape index (κ1) is 21.2. The van der Waals surface area contributed by atoms with Gasteiger partial charge in [0.05, 0.1) is 6.10 Å². The smallest absolute Gasteiger partial charge is 0.224 e. The van der Waals surface area contributed by atoms with Crippen molar-refractivity contribution in [2.45, 2.75) is 79.9 Å². The predicted octanol–water partition coefficient (Wildman–Crippen LogP) is 5.63. The van der Waals surface area contributed by atoms with E-state index in [9.17, 15) is 5.11 Å². The molecule has 0 saturated heterocycles. The summed E-state index contributed by atoms with van der Waals surface area (Å²) in [6, 6.07) is 6.71. The van der Waals surface area contributed by atoms with Crippen LogP contribution in [-0.4, -0.2) is 22.2 Å². The Kier molecular flexibility index (Phi) is 7.25. The lowest BCUT2D eigenvalue weighted by molar-refractivity contribution is 0.195. The minimum absolute atomic E-state index is 0.352. The van der Waals surface area contributed by atoms with Crippen molar-refractivity contribution in [1.29, 1.82) is 0 Å². The Morgan fingerprint density at radius 1 is 1.04 bits per heavy atom. The van der Waals surface area contributed by atoms with Crippen LogP contribution in [0.15, 0.2) is 18.2 Å². The highest BCUT2D eigenvalue weighted by Crippen LogP contribution is 2.34. The zero-order chi connectivity index (χ0) is 20.1. The van der Waals surface area contributed by atoms with Gasteiger partial charge in [0.1, 0.15) is 5.75 Å². The quantitative estimate of drug-likeness (QED) is 0.632. The number of aromatic nitrogens is 1. The van der Waals surface area contributed by atoms with Crippen LogP contribution in [-0.2, 0) is 6.42 Å². The second-order valence-electron chi connectivity index (χ2n) is 7.61. The van der Waals surface area contributed by atoms with Crippen molar-refractivity contribution in [3.8, 4) is 11.6 Å². The molecule has 2 aromatic rings. The molecule has 0 spiro atoms. The van der Waals surface area contributed by atoms with E-state index in [-0.39, 0.29) is 6.10 Å². The van der Waals surface area contributed by atoms with Gasteiger partial charge in [-0.2, -0.15) is 0 Å². The van der Waals surface area contributed by atoms with Gasteiger partial charge in [0.15, 0.2) is 0 Å². The Bertz CT molecular complexity index is 757. The molecule has 0 aliphatic rings. The van der Waals surface area contributed by atoms with Crippen molar-refractivity contribution in [3.05, 3.63) is 46.1 Å². The Morgan fingerprint density at radius 3 is 2.15 bits per heavy atom. The van der Waals surface area contributed by atoms with E-state index in [1.54, 1.807) is 0 Å². The summed E-state index contributed by atoms with van der Waals surface area (Å²) in [5, 5.41) is 13.3. The highest BCUT2D eigenvalue weighted by atomic mass is 16.5. The number of hydrogen-bond donors (Lipinski definition) is 2. The summed E-state index contributed by atoms with van der Waals surface area (Å²) in [6.07, 6.45) is 2.45. The normalized spacial score (nSPS) is 12.3. The molecule has 0 bridgehead atoms. The lowest BCUT2D eigenvalue weighted by Crippen LogP contribution is -2.18. The number of anilines is 1. The van der Waals surface area contributed by atoms with E-state index >= 15 is 0 Å². The summed E-state index contributed by atoms with van der Waals surface area (Å²) in [7, 11) is 0. The summed E-state index contributed by atoms with van der Waals surface area (Å²) < 4.78 is 6.29. The lowest BCUT2D eigenvalue weighted by Gasteiger charge is -2.21. The van der Waals surface area contributed by atoms with Gasteiger partial charge in [-0.15, -0.1) is 0 Å². The van der Waals surface area contributed by atoms with Crippen molar-refractivity contribution >= 4 is 5.69 Å². The van der Waals surface area contributed by atoms with E-state index in [0.29, 0.717) is 18.3 Å². The Morgan fingerprint density at radius 2 is 1.63 bits per heavy atom. The molecular weight excluding hydrogens is 336 g/mol. The first-order chi connectivity index (χ1) is 12.7. The van der Waals surface area contributed by atoms with Gasteiger partial charge in [-0.05, 0) is 76.6 Å². The van der Waals surface area contributed by atoms with Gasteiger partial charge >= 0.3 is 0 Å². The molecule has 0 radical (unpaired) electrons. The minimum atomic E-state index is -0.352. The van der Waals surface area contributed by atoms with Gasteiger partial charge in [0, 0.05) is 23.0 Å². The van der Waals surface area contributed by atoms with Gasteiger partial charge in [0.25, 0.3) is 0 Å². The van der Waals surface area contributed by atoms with Crippen LogP contribution in [0.4, 0.5) is 5.69 Å². The number of rotatable bonds is 8. The fraction of sp³-hybridized carbons (Fsp3) is 0.522. The molecule has 1 aromatic heterocycles. The third-order valence-electron chi connectivity index (χ3n) is 4.95. The average Bonchev–Trinajstić information content (AvgIpc) is 2.58. The van der Waals surface area contributed by atoms with E-state index < -0.39 is 0 Å². The van der Waals surface area contributed by atoms with E-state index in [2.05, 4.69) is 49.3 Å². The van der Waals surface area contributed by atoms with Crippen molar-refractivity contribution in [1.82, 2.24) is 4.98 Å². The molecular formula is C23H34N2O2. The molecule has 4 heteroatoms. The molecule has 1 atom stereocenters. The van der Waals surface area contributed by atoms with E-state index in [0.717, 1.165) is 52.2 Å². The number of aliphatic hydroxyl groups is 1. The van der Waals surface area contributed by atoms with Crippen molar-refractivity contribution in [2.75, 3.05) is 5.32 Å². The number of benzene rings is 1. The Hall–Kier alpha value is -2.07. The maximum atomic E-state index is 9.65. The third-order valence-corrected chi connectivity index (χ3v) is 4.95. The first-order valence-electron chi connectivity index (χ1n) is 9.95. The zero-order valence-electron chi connectivity index (χ0n) is 17.8. The third kappa shape index (κ3) is 5.46. The topological polar surface area (TPSA) is 54.4 Å². The molecule has 4 nitrogen and oxygen atoms in total. The van der Waals surface area contributed by atoms with Crippen molar-refractivity contribution in [3.63, 3.8) is 0 Å². The summed E-state index contributed by atoms with van der Waals surface area (Å²) in [4.78, 5) is 4.64. The fourth-order valence-corrected chi connectivity index (χ4v) is 3.43. The molecule has 2 N–H and O–H groups in total. The molecule has 0 aliphatic heterocycles. The Labute approximate surface area is 164 Å². The van der Waals surface area contributed by atoms with Crippen molar-refractivity contribution in [2.24, 2.45) is 0 Å². The predicted molar refractivity (Wildman–Crippen MR) is 113 cm³/mol. The van der Waals surface area contributed by atoms with Gasteiger partial charge in [0.2, 0.25) is 5.88 Å². The standard InChI is InChI=1S/C23H34N2O2/c1-8-20(9-2)25-21-12-16(5)24-23(18(21)7)27-22-14(3)10-19(11-15(22)4)13-17(6)26/h10-12,17,20,26H,8-9,13H2,1-7H3,(H,24,25). The summed E-state index contributed by atoms with van der Waals surface area (Å²) in [5.41, 5.74) is 6.29. The van der Waals surface area contributed by atoms with Crippen LogP contribution < -0.4 is 10.1 Å². The Balaban J connectivity index is 2.36. The summed E-state index contributed by atoms with van der Waals surface area (Å²) in [5.74, 6) is 1.50. The van der Waals surface area contributed by atoms with Crippen LogP contribution in [0.5, 0.6) is 11.6 Å². The number of nitrogens with zero attached hydrogens (tertiary/aromatic N) is 1. The zero-order valence-corrected chi connectivity index (χ0v) is 17.8. The summed E-state index contributed by atoms with van der Waals surface area (Å²) in [6.45, 7) is 14.3. The highest BCUT2D eigenvalue weighted by molar-refractivity contribution is 5.57. The molecule has 148 valence electrons. The van der Waals surface area contributed by atoms with E-state index in [1.807, 2.05) is 27.7 Å². The molecule has 1 unspecified atom stereocenters. The number of hydrogen-bond acceptors (Lipinski definition) is 4. The summed E-state index contributed by atoms with van der Waals surface area (Å²) >= 11 is 0. The minimum Gasteiger partial charge on any atom is -0.438 e. The molecule has 1 aromatic carbocycles. The largest absolute Gasteiger partial charge is 0.438 e. The van der Waals surface area contributed by atoms with Gasteiger partial charge in [-0.25, -0.2) is 4.98 Å². The van der Waals surface area contributed by atoms with Crippen LogP contribution in [0.1, 0.15) is 61.6 Å². The van der Waals surface area contributed by atoms with Crippen LogP contribution in [0.2, 0.25) is 0 Å². The number of ether oxygens (including phenoxy) is 1. The molecule has 0 fully saturated rings. The lowest BCUT2D eigenvalue weighted by atomic mass is 10.0. The number of aliphatic hydroxyl groups excluding tert-OH is 1.